The van der Waals surface area contributed by atoms with E-state index in [4.69, 9.17) is 0 Å². The van der Waals surface area contributed by atoms with Crippen molar-refractivity contribution < 1.29 is 0 Å². The third kappa shape index (κ3) is 0.897. The highest BCUT2D eigenvalue weighted by atomic mass is 15.2. The molecule has 0 aromatic carbocycles. The molecule has 0 aromatic heterocycles. The number of rotatable bonds is 0. The highest BCUT2D eigenvalue weighted by Crippen LogP contribution is 2.18. The van der Waals surface area contributed by atoms with Crippen molar-refractivity contribution in [2.75, 3.05) is 0 Å². The van der Waals surface area contributed by atoms with Crippen LogP contribution in [0.15, 0.2) is 17.3 Å². The van der Waals surface area contributed by atoms with E-state index in [9.17, 15) is 0 Å². The maximum Gasteiger partial charge on any atom is 0.292 e. The van der Waals surface area contributed by atoms with Crippen molar-refractivity contribution in [3.8, 4) is 0 Å². The minimum absolute atomic E-state index is 0.669. The molecule has 1 aliphatic carbocycles. The summed E-state index contributed by atoms with van der Waals surface area (Å²) in [6.07, 6.45) is 9.73. The van der Waals surface area contributed by atoms with Crippen molar-refractivity contribution in [1.29, 1.82) is 0 Å². The van der Waals surface area contributed by atoms with E-state index in [-0.39, 0.29) is 0 Å². The van der Waals surface area contributed by atoms with E-state index in [0.29, 0.717) is 5.92 Å². The Kier molecular flexibility index (Phi) is 1.38. The Morgan fingerprint density at radius 1 is 1.60 bits per heavy atom. The molecule has 0 amide bonds. The van der Waals surface area contributed by atoms with Crippen molar-refractivity contribution in [3.05, 3.63) is 12.2 Å². The molecule has 0 saturated heterocycles. The Hall–Kier alpha value is -0.920. The molecule has 51 valence electrons. The molecule has 2 aliphatic rings. The lowest BCUT2D eigenvalue weighted by Gasteiger charge is -2.10. The fourth-order valence-electron chi connectivity index (χ4n) is 1.42. The monoisotopic (exact) mass is 134 g/mol. The second-order valence-electron chi connectivity index (χ2n) is 2.74. The van der Waals surface area contributed by atoms with Gasteiger partial charge in [-0.25, -0.2) is 0 Å². The number of fused-ring (bicyclic) bond motifs is 1. The van der Waals surface area contributed by atoms with E-state index in [1.807, 2.05) is 6.21 Å². The molecule has 10 heavy (non-hydrogen) atoms. The van der Waals surface area contributed by atoms with Crippen molar-refractivity contribution in [2.24, 2.45) is 11.0 Å². The Morgan fingerprint density at radius 2 is 2.60 bits per heavy atom. The molecular formula is C8H10N2+. The van der Waals surface area contributed by atoms with Gasteiger partial charge in [-0.1, -0.05) is 6.08 Å². The topological polar surface area (TPSA) is 26.5 Å². The van der Waals surface area contributed by atoms with Crippen LogP contribution >= 0.6 is 0 Å². The summed E-state index contributed by atoms with van der Waals surface area (Å²) < 4.78 is 0. The van der Waals surface area contributed by atoms with Crippen LogP contribution in [0.4, 0.5) is 0 Å². The molecule has 0 N–H and O–H groups in total. The number of hydrogen-bond donors (Lipinski definition) is 0. The Bertz CT molecular complexity index is 213. The van der Waals surface area contributed by atoms with Crippen molar-refractivity contribution in [1.82, 2.24) is 5.10 Å². The van der Waals surface area contributed by atoms with Gasteiger partial charge in [0.05, 0.1) is 17.2 Å². The quantitative estimate of drug-likeness (QED) is 0.474. The van der Waals surface area contributed by atoms with E-state index in [2.05, 4.69) is 22.4 Å². The van der Waals surface area contributed by atoms with Crippen LogP contribution in [0.3, 0.4) is 0 Å². The first-order valence-electron chi connectivity index (χ1n) is 3.73. The molecule has 1 aliphatic heterocycles. The van der Waals surface area contributed by atoms with E-state index < -0.39 is 0 Å². The molecular weight excluding hydrogens is 124 g/mol. The predicted molar refractivity (Wildman–Crippen MR) is 42.1 cm³/mol. The van der Waals surface area contributed by atoms with Gasteiger partial charge in [-0.15, -0.1) is 0 Å². The summed E-state index contributed by atoms with van der Waals surface area (Å²) >= 11 is 0. The summed E-state index contributed by atoms with van der Waals surface area (Å²) in [7, 11) is 0. The molecule has 0 aromatic rings. The van der Waals surface area contributed by atoms with Crippen LogP contribution in [0.25, 0.3) is 0 Å². The SMILES string of the molecule is C1=CC2=[N+]N=CCC2CC1. The van der Waals surface area contributed by atoms with Gasteiger partial charge in [-0.3, -0.25) is 0 Å². The number of hydrogen-bond acceptors (Lipinski definition) is 2. The summed E-state index contributed by atoms with van der Waals surface area (Å²) in [5, 5.41) is 7.92. The van der Waals surface area contributed by atoms with Crippen LogP contribution in [0.2, 0.25) is 0 Å². The zero-order valence-electron chi connectivity index (χ0n) is 5.83. The number of nitrogens with zero attached hydrogens (tertiary/aromatic N) is 2. The minimum atomic E-state index is 0.669. The summed E-state index contributed by atoms with van der Waals surface area (Å²) in [6, 6.07) is 0. The van der Waals surface area contributed by atoms with E-state index in [1.54, 1.807) is 0 Å². The van der Waals surface area contributed by atoms with E-state index in [0.717, 1.165) is 6.42 Å². The molecule has 1 atom stereocenters. The molecule has 2 nitrogen and oxygen atoms in total. The van der Waals surface area contributed by atoms with Crippen molar-refractivity contribution in [3.63, 3.8) is 0 Å². The van der Waals surface area contributed by atoms with Gasteiger partial charge < -0.3 is 0 Å². The lowest BCUT2D eigenvalue weighted by molar-refractivity contribution is 0.634. The lowest BCUT2D eigenvalue weighted by atomic mass is 9.90. The molecule has 2 heteroatoms. The van der Waals surface area contributed by atoms with Crippen LogP contribution in [-0.2, 0) is 0 Å². The average molecular weight is 134 g/mol. The predicted octanol–water partition coefficient (Wildman–Crippen LogP) is 1.12. The number of allylic oxidation sites excluding steroid dienone is 2. The first-order valence-corrected chi connectivity index (χ1v) is 3.73. The van der Waals surface area contributed by atoms with Crippen LogP contribution in [0.5, 0.6) is 0 Å². The first-order chi connectivity index (χ1) is 4.97. The normalized spacial score (nSPS) is 29.6. The van der Waals surface area contributed by atoms with E-state index >= 15 is 0 Å². The van der Waals surface area contributed by atoms with Crippen LogP contribution in [0.1, 0.15) is 19.3 Å². The largest absolute Gasteiger partial charge is 0.292 e. The van der Waals surface area contributed by atoms with Gasteiger partial charge in [0.15, 0.2) is 0 Å². The summed E-state index contributed by atoms with van der Waals surface area (Å²) in [4.78, 5) is 0. The molecule has 1 radical (unpaired) electrons. The standard InChI is InChI=1S/C8H10N2/c1-2-4-8-7(3-1)5-6-9-10-8/h2,4,6-7H,1,3,5H2/q+1. The van der Waals surface area contributed by atoms with Crippen LogP contribution in [-0.4, -0.2) is 11.9 Å². The smallest absolute Gasteiger partial charge is 0.0779 e. The minimum Gasteiger partial charge on any atom is -0.0779 e. The molecule has 1 heterocycles. The van der Waals surface area contributed by atoms with Gasteiger partial charge in [0.1, 0.15) is 0 Å². The molecule has 0 spiro atoms. The van der Waals surface area contributed by atoms with Gasteiger partial charge in [0.2, 0.25) is 5.10 Å². The maximum atomic E-state index is 4.05. The average Bonchev–Trinajstić information content (AvgIpc) is 2.05. The Balaban J connectivity index is 2.27. The fourth-order valence-corrected chi connectivity index (χ4v) is 1.42. The Morgan fingerprint density at radius 3 is 3.50 bits per heavy atom. The third-order valence-electron chi connectivity index (χ3n) is 2.03. The van der Waals surface area contributed by atoms with Gasteiger partial charge >= 0.3 is 0 Å². The van der Waals surface area contributed by atoms with Crippen LogP contribution < -0.4 is 5.10 Å². The molecule has 0 bridgehead atoms. The van der Waals surface area contributed by atoms with Gasteiger partial charge in [-0.2, -0.15) is 0 Å². The zero-order valence-corrected chi connectivity index (χ0v) is 5.83. The highest BCUT2D eigenvalue weighted by Gasteiger charge is 2.26. The van der Waals surface area contributed by atoms with Crippen molar-refractivity contribution >= 4 is 11.9 Å². The second kappa shape index (κ2) is 2.37. The summed E-state index contributed by atoms with van der Waals surface area (Å²) in [6.45, 7) is 0. The first kappa shape index (κ1) is 5.83. The molecule has 1 unspecified atom stereocenters. The van der Waals surface area contributed by atoms with Gasteiger partial charge in [0, 0.05) is 12.5 Å². The van der Waals surface area contributed by atoms with Gasteiger partial charge in [-0.05, 0) is 12.8 Å². The van der Waals surface area contributed by atoms with Crippen molar-refractivity contribution in [2.45, 2.75) is 19.3 Å². The third-order valence-corrected chi connectivity index (χ3v) is 2.03. The molecule has 0 fully saturated rings. The fraction of sp³-hybridized carbons (Fsp3) is 0.500. The summed E-state index contributed by atoms with van der Waals surface area (Å²) in [5.41, 5.74) is 1.17. The second-order valence-corrected chi connectivity index (χ2v) is 2.74. The Labute approximate surface area is 60.4 Å². The molecule has 2 rings (SSSR count). The highest BCUT2D eigenvalue weighted by molar-refractivity contribution is 5.98. The van der Waals surface area contributed by atoms with E-state index in [1.165, 1.54) is 18.6 Å². The van der Waals surface area contributed by atoms with Gasteiger partial charge in [0.25, 0.3) is 5.71 Å². The maximum absolute atomic E-state index is 4.05. The zero-order chi connectivity index (χ0) is 6.81. The molecule has 0 saturated carbocycles. The van der Waals surface area contributed by atoms with Crippen LogP contribution in [0, 0.1) is 5.92 Å². The lowest BCUT2D eigenvalue weighted by Crippen LogP contribution is -2.22. The summed E-state index contributed by atoms with van der Waals surface area (Å²) in [5.74, 6) is 0.669.